The summed E-state index contributed by atoms with van der Waals surface area (Å²) in [6.45, 7) is 3.35. The molecule has 0 radical (unpaired) electrons. The van der Waals surface area contributed by atoms with E-state index in [0.29, 0.717) is 5.56 Å². The smallest absolute Gasteiger partial charge is 0.408 e. The number of carbonyl (C=O) groups is 2. The summed E-state index contributed by atoms with van der Waals surface area (Å²) >= 11 is 0. The van der Waals surface area contributed by atoms with Crippen LogP contribution in [0.15, 0.2) is 36.9 Å². The summed E-state index contributed by atoms with van der Waals surface area (Å²) < 4.78 is 17.6. The number of alkyl carbamates (subject to hydrolysis) is 1. The van der Waals surface area contributed by atoms with Gasteiger partial charge in [0, 0.05) is 6.42 Å². The van der Waals surface area contributed by atoms with Gasteiger partial charge in [0.1, 0.15) is 18.5 Å². The average molecular weight is 267 g/mol. The van der Waals surface area contributed by atoms with Crippen molar-refractivity contribution in [3.05, 3.63) is 48.3 Å². The van der Waals surface area contributed by atoms with Gasteiger partial charge in [-0.05, 0) is 17.7 Å². The third kappa shape index (κ3) is 5.20. The van der Waals surface area contributed by atoms with E-state index >= 15 is 0 Å². The highest BCUT2D eigenvalue weighted by atomic mass is 19.1. The SMILES string of the molecule is C=CCOC(=O)N[C@@H](Cc1cccc(F)c1)C(=O)O. The van der Waals surface area contributed by atoms with E-state index in [9.17, 15) is 14.0 Å². The molecule has 0 saturated heterocycles. The van der Waals surface area contributed by atoms with Crippen LogP contribution < -0.4 is 5.32 Å². The van der Waals surface area contributed by atoms with Gasteiger partial charge in [0.15, 0.2) is 0 Å². The molecular formula is C13H14FNO4. The topological polar surface area (TPSA) is 75.6 Å². The summed E-state index contributed by atoms with van der Waals surface area (Å²) in [4.78, 5) is 22.3. The third-order valence-corrected chi connectivity index (χ3v) is 2.25. The highest BCUT2D eigenvalue weighted by Gasteiger charge is 2.21. The Morgan fingerprint density at radius 3 is 2.84 bits per heavy atom. The molecule has 1 aromatic rings. The Bertz CT molecular complexity index is 475. The van der Waals surface area contributed by atoms with Crippen molar-refractivity contribution in [2.45, 2.75) is 12.5 Å². The molecule has 0 unspecified atom stereocenters. The first-order chi connectivity index (χ1) is 9.02. The van der Waals surface area contributed by atoms with Gasteiger partial charge < -0.3 is 15.2 Å². The Kier molecular flexibility index (Phi) is 5.53. The first-order valence-electron chi connectivity index (χ1n) is 5.54. The van der Waals surface area contributed by atoms with Crippen LogP contribution in [0.2, 0.25) is 0 Å². The van der Waals surface area contributed by atoms with Crippen LogP contribution in [0.1, 0.15) is 5.56 Å². The van der Waals surface area contributed by atoms with E-state index in [1.54, 1.807) is 6.07 Å². The van der Waals surface area contributed by atoms with Gasteiger partial charge in [0.2, 0.25) is 0 Å². The first-order valence-corrected chi connectivity index (χ1v) is 5.54. The fourth-order valence-corrected chi connectivity index (χ4v) is 1.42. The minimum absolute atomic E-state index is 0.0157. The van der Waals surface area contributed by atoms with E-state index in [1.165, 1.54) is 24.3 Å². The highest BCUT2D eigenvalue weighted by Crippen LogP contribution is 2.07. The number of nitrogens with one attached hydrogen (secondary N) is 1. The number of carboxylic acids is 1. The molecule has 1 rings (SSSR count). The molecule has 0 heterocycles. The zero-order chi connectivity index (χ0) is 14.3. The van der Waals surface area contributed by atoms with E-state index in [1.807, 2.05) is 0 Å². The molecular weight excluding hydrogens is 253 g/mol. The van der Waals surface area contributed by atoms with Crippen molar-refractivity contribution >= 4 is 12.1 Å². The van der Waals surface area contributed by atoms with Crippen molar-refractivity contribution in [3.8, 4) is 0 Å². The molecule has 0 saturated carbocycles. The minimum atomic E-state index is -1.22. The van der Waals surface area contributed by atoms with E-state index in [-0.39, 0.29) is 13.0 Å². The Labute approximate surface area is 109 Å². The molecule has 6 heteroatoms. The molecule has 102 valence electrons. The number of carboxylic acid groups (broad SMARTS) is 1. The fourth-order valence-electron chi connectivity index (χ4n) is 1.42. The zero-order valence-corrected chi connectivity index (χ0v) is 10.1. The number of amides is 1. The molecule has 5 nitrogen and oxygen atoms in total. The van der Waals surface area contributed by atoms with Gasteiger partial charge >= 0.3 is 12.1 Å². The van der Waals surface area contributed by atoms with Crippen LogP contribution >= 0.6 is 0 Å². The number of halogens is 1. The highest BCUT2D eigenvalue weighted by molar-refractivity contribution is 5.80. The Balaban J connectivity index is 2.65. The van der Waals surface area contributed by atoms with Crippen molar-refractivity contribution in [1.82, 2.24) is 5.32 Å². The molecule has 1 atom stereocenters. The van der Waals surface area contributed by atoms with Crippen LogP contribution in [0.5, 0.6) is 0 Å². The fraction of sp³-hybridized carbons (Fsp3) is 0.231. The quantitative estimate of drug-likeness (QED) is 0.770. The first kappa shape index (κ1) is 14.7. The lowest BCUT2D eigenvalue weighted by atomic mass is 10.1. The standard InChI is InChI=1S/C13H14FNO4/c1-2-6-19-13(18)15-11(12(16)17)8-9-4-3-5-10(14)7-9/h2-5,7,11H,1,6,8H2,(H,15,18)(H,16,17)/t11-/m0/s1. The van der Waals surface area contributed by atoms with Gasteiger partial charge in [-0.1, -0.05) is 24.8 Å². The summed E-state index contributed by atoms with van der Waals surface area (Å²) in [6.07, 6.45) is 0.474. The predicted octanol–water partition coefficient (Wildman–Crippen LogP) is 1.73. The van der Waals surface area contributed by atoms with E-state index in [0.717, 1.165) is 0 Å². The van der Waals surface area contributed by atoms with Crippen molar-refractivity contribution < 1.29 is 23.8 Å². The van der Waals surface area contributed by atoms with Crippen LogP contribution in [0.25, 0.3) is 0 Å². The maximum absolute atomic E-state index is 13.0. The zero-order valence-electron chi connectivity index (χ0n) is 10.1. The van der Waals surface area contributed by atoms with Crippen molar-refractivity contribution in [1.29, 1.82) is 0 Å². The van der Waals surface area contributed by atoms with Gasteiger partial charge in [-0.15, -0.1) is 0 Å². The third-order valence-electron chi connectivity index (χ3n) is 2.25. The molecule has 0 aliphatic carbocycles. The Hall–Kier alpha value is -2.37. The molecule has 0 fully saturated rings. The van der Waals surface area contributed by atoms with Crippen LogP contribution in [-0.4, -0.2) is 29.8 Å². The largest absolute Gasteiger partial charge is 0.480 e. The molecule has 1 amide bonds. The number of aliphatic carboxylic acids is 1. The molecule has 2 N–H and O–H groups in total. The summed E-state index contributed by atoms with van der Waals surface area (Å²) in [6, 6.07) is 4.34. The summed E-state index contributed by atoms with van der Waals surface area (Å²) in [7, 11) is 0. The van der Waals surface area contributed by atoms with Crippen LogP contribution in [0, 0.1) is 5.82 Å². The Morgan fingerprint density at radius 2 is 2.26 bits per heavy atom. The van der Waals surface area contributed by atoms with Gasteiger partial charge in [0.25, 0.3) is 0 Å². The van der Waals surface area contributed by atoms with Crippen molar-refractivity contribution in [2.75, 3.05) is 6.61 Å². The predicted molar refractivity (Wildman–Crippen MR) is 66.2 cm³/mol. The number of rotatable bonds is 6. The number of hydrogen-bond acceptors (Lipinski definition) is 3. The second-order valence-corrected chi connectivity index (χ2v) is 3.76. The second kappa shape index (κ2) is 7.15. The Morgan fingerprint density at radius 1 is 1.53 bits per heavy atom. The molecule has 0 aliphatic heterocycles. The van der Waals surface area contributed by atoms with Gasteiger partial charge in [-0.2, -0.15) is 0 Å². The lowest BCUT2D eigenvalue weighted by Crippen LogP contribution is -2.42. The molecule has 0 spiro atoms. The summed E-state index contributed by atoms with van der Waals surface area (Å²) in [5.74, 6) is -1.68. The maximum Gasteiger partial charge on any atom is 0.408 e. The normalized spacial score (nSPS) is 11.4. The van der Waals surface area contributed by atoms with Gasteiger partial charge in [0.05, 0.1) is 0 Å². The molecule has 0 aromatic heterocycles. The van der Waals surface area contributed by atoms with E-state index in [2.05, 4.69) is 16.6 Å². The van der Waals surface area contributed by atoms with Crippen LogP contribution in [0.4, 0.5) is 9.18 Å². The van der Waals surface area contributed by atoms with E-state index in [4.69, 9.17) is 5.11 Å². The number of benzene rings is 1. The number of carbonyl (C=O) groups excluding carboxylic acids is 1. The van der Waals surface area contributed by atoms with E-state index < -0.39 is 23.9 Å². The van der Waals surface area contributed by atoms with Gasteiger partial charge in [-0.25, -0.2) is 14.0 Å². The molecule has 19 heavy (non-hydrogen) atoms. The lowest BCUT2D eigenvalue weighted by Gasteiger charge is -2.14. The maximum atomic E-state index is 13.0. The molecule has 1 aromatic carbocycles. The monoisotopic (exact) mass is 267 g/mol. The van der Waals surface area contributed by atoms with Crippen molar-refractivity contribution in [2.24, 2.45) is 0 Å². The van der Waals surface area contributed by atoms with Crippen LogP contribution in [0.3, 0.4) is 0 Å². The summed E-state index contributed by atoms with van der Waals surface area (Å²) in [5.41, 5.74) is 0.469. The minimum Gasteiger partial charge on any atom is -0.480 e. The van der Waals surface area contributed by atoms with Crippen LogP contribution in [-0.2, 0) is 16.0 Å². The van der Waals surface area contributed by atoms with Crippen molar-refractivity contribution in [3.63, 3.8) is 0 Å². The molecule has 0 aliphatic rings. The lowest BCUT2D eigenvalue weighted by molar-refractivity contribution is -0.139. The second-order valence-electron chi connectivity index (χ2n) is 3.76. The van der Waals surface area contributed by atoms with Gasteiger partial charge in [-0.3, -0.25) is 0 Å². The summed E-state index contributed by atoms with van der Waals surface area (Å²) in [5, 5.41) is 11.2. The average Bonchev–Trinajstić information content (AvgIpc) is 2.35. The number of hydrogen-bond donors (Lipinski definition) is 2. The molecule has 0 bridgehead atoms. The number of ether oxygens (including phenoxy) is 1.